The second kappa shape index (κ2) is 3.56. The standard InChI is InChI=1S/C11H9BrClN/c12-9-6-8(2-3-10(9)13)11(7-14)4-1-5-11/h2-3,6H,1,4-5H2. The number of nitriles is 1. The van der Waals surface area contributed by atoms with Crippen LogP contribution in [0.1, 0.15) is 24.8 Å². The van der Waals surface area contributed by atoms with Gasteiger partial charge in [0.1, 0.15) is 0 Å². The van der Waals surface area contributed by atoms with Crippen molar-refractivity contribution < 1.29 is 0 Å². The summed E-state index contributed by atoms with van der Waals surface area (Å²) in [6, 6.07) is 8.18. The summed E-state index contributed by atoms with van der Waals surface area (Å²) in [5.41, 5.74) is 0.843. The largest absolute Gasteiger partial charge is 0.197 e. The van der Waals surface area contributed by atoms with E-state index in [0.29, 0.717) is 5.02 Å². The lowest BCUT2D eigenvalue weighted by atomic mass is 9.66. The molecule has 1 saturated carbocycles. The Labute approximate surface area is 96.8 Å². The predicted octanol–water partition coefficient (Wildman–Crippen LogP) is 4.05. The smallest absolute Gasteiger partial charge is 0.0822 e. The third-order valence-corrected chi connectivity index (χ3v) is 4.11. The average molecular weight is 271 g/mol. The maximum Gasteiger partial charge on any atom is 0.0822 e. The third kappa shape index (κ3) is 1.45. The molecule has 0 amide bonds. The van der Waals surface area contributed by atoms with E-state index < -0.39 is 0 Å². The van der Waals surface area contributed by atoms with Crippen molar-refractivity contribution in [3.05, 3.63) is 33.3 Å². The van der Waals surface area contributed by atoms with Crippen LogP contribution in [0.4, 0.5) is 0 Å². The first-order valence-electron chi connectivity index (χ1n) is 4.55. The number of benzene rings is 1. The zero-order valence-corrected chi connectivity index (χ0v) is 9.90. The molecular weight excluding hydrogens is 261 g/mol. The van der Waals surface area contributed by atoms with E-state index in [4.69, 9.17) is 16.9 Å². The fourth-order valence-corrected chi connectivity index (χ4v) is 2.29. The predicted molar refractivity (Wildman–Crippen MR) is 60.3 cm³/mol. The van der Waals surface area contributed by atoms with E-state index in [-0.39, 0.29) is 5.41 Å². The van der Waals surface area contributed by atoms with Gasteiger partial charge in [-0.25, -0.2) is 0 Å². The molecular formula is C11H9BrClN. The zero-order valence-electron chi connectivity index (χ0n) is 7.56. The molecule has 1 aliphatic rings. The zero-order chi connectivity index (χ0) is 10.2. The van der Waals surface area contributed by atoms with Crippen molar-refractivity contribution >= 4 is 27.5 Å². The first-order valence-corrected chi connectivity index (χ1v) is 5.72. The Bertz CT molecular complexity index is 404. The molecule has 1 nitrogen and oxygen atoms in total. The molecule has 2 rings (SSSR count). The van der Waals surface area contributed by atoms with Crippen molar-refractivity contribution in [2.75, 3.05) is 0 Å². The Morgan fingerprint density at radius 3 is 2.57 bits per heavy atom. The highest BCUT2D eigenvalue weighted by Gasteiger charge is 2.39. The van der Waals surface area contributed by atoms with Crippen LogP contribution in [0.5, 0.6) is 0 Å². The van der Waals surface area contributed by atoms with E-state index in [2.05, 4.69) is 22.0 Å². The molecule has 0 heterocycles. The van der Waals surface area contributed by atoms with Gasteiger partial charge in [0.15, 0.2) is 0 Å². The van der Waals surface area contributed by atoms with E-state index in [9.17, 15) is 0 Å². The quantitative estimate of drug-likeness (QED) is 0.755. The lowest BCUT2D eigenvalue weighted by molar-refractivity contribution is 0.324. The van der Waals surface area contributed by atoms with Crippen LogP contribution in [0.25, 0.3) is 0 Å². The number of rotatable bonds is 1. The molecule has 72 valence electrons. The highest BCUT2D eigenvalue weighted by molar-refractivity contribution is 9.10. The molecule has 1 aromatic carbocycles. The van der Waals surface area contributed by atoms with Crippen molar-refractivity contribution in [3.8, 4) is 6.07 Å². The molecule has 0 atom stereocenters. The maximum atomic E-state index is 9.15. The van der Waals surface area contributed by atoms with Crippen LogP contribution in [-0.4, -0.2) is 0 Å². The van der Waals surface area contributed by atoms with Gasteiger partial charge in [0.25, 0.3) is 0 Å². The topological polar surface area (TPSA) is 23.8 Å². The molecule has 3 heteroatoms. The highest BCUT2D eigenvalue weighted by atomic mass is 79.9. The fraction of sp³-hybridized carbons (Fsp3) is 0.364. The van der Waals surface area contributed by atoms with E-state index in [0.717, 1.165) is 29.3 Å². The van der Waals surface area contributed by atoms with E-state index in [1.165, 1.54) is 0 Å². The van der Waals surface area contributed by atoms with Gasteiger partial charge in [-0.1, -0.05) is 17.7 Å². The average Bonchev–Trinajstić information content (AvgIpc) is 2.10. The monoisotopic (exact) mass is 269 g/mol. The third-order valence-electron chi connectivity index (χ3n) is 2.89. The molecule has 1 aromatic rings. The van der Waals surface area contributed by atoms with Crippen molar-refractivity contribution in [2.45, 2.75) is 24.7 Å². The normalized spacial score (nSPS) is 18.4. The lowest BCUT2D eigenvalue weighted by Crippen LogP contribution is -2.32. The van der Waals surface area contributed by atoms with Crippen molar-refractivity contribution in [1.82, 2.24) is 0 Å². The van der Waals surface area contributed by atoms with E-state index in [1.807, 2.05) is 18.2 Å². The summed E-state index contributed by atoms with van der Waals surface area (Å²) in [4.78, 5) is 0. The van der Waals surface area contributed by atoms with E-state index in [1.54, 1.807) is 0 Å². The summed E-state index contributed by atoms with van der Waals surface area (Å²) in [7, 11) is 0. The van der Waals surface area contributed by atoms with Gasteiger partial charge < -0.3 is 0 Å². The number of hydrogen-bond acceptors (Lipinski definition) is 1. The fourth-order valence-electron chi connectivity index (χ4n) is 1.79. The molecule has 0 aromatic heterocycles. The summed E-state index contributed by atoms with van der Waals surface area (Å²) < 4.78 is 0.873. The minimum atomic E-state index is -0.243. The molecule has 1 fully saturated rings. The lowest BCUT2D eigenvalue weighted by Gasteiger charge is -2.35. The summed E-state index contributed by atoms with van der Waals surface area (Å²) in [6.07, 6.45) is 3.09. The van der Waals surface area contributed by atoms with Crippen LogP contribution >= 0.6 is 27.5 Å². The number of halogens is 2. The Morgan fingerprint density at radius 2 is 2.14 bits per heavy atom. The van der Waals surface area contributed by atoms with Gasteiger partial charge >= 0.3 is 0 Å². The van der Waals surface area contributed by atoms with Gasteiger partial charge in [0.05, 0.1) is 16.5 Å². The minimum absolute atomic E-state index is 0.243. The maximum absolute atomic E-state index is 9.15. The second-order valence-electron chi connectivity index (χ2n) is 3.68. The van der Waals surface area contributed by atoms with Crippen molar-refractivity contribution in [1.29, 1.82) is 5.26 Å². The van der Waals surface area contributed by atoms with Gasteiger partial charge in [0.2, 0.25) is 0 Å². The molecule has 0 spiro atoms. The summed E-state index contributed by atoms with van der Waals surface area (Å²) in [5, 5.41) is 9.85. The molecule has 0 saturated heterocycles. The molecule has 0 bridgehead atoms. The molecule has 14 heavy (non-hydrogen) atoms. The van der Waals surface area contributed by atoms with Crippen molar-refractivity contribution in [3.63, 3.8) is 0 Å². The van der Waals surface area contributed by atoms with E-state index >= 15 is 0 Å². The first-order chi connectivity index (χ1) is 6.68. The second-order valence-corrected chi connectivity index (χ2v) is 4.94. The van der Waals surface area contributed by atoms with Gasteiger partial charge in [0, 0.05) is 4.47 Å². The Morgan fingerprint density at radius 1 is 1.43 bits per heavy atom. The van der Waals surface area contributed by atoms with Gasteiger partial charge in [-0.3, -0.25) is 0 Å². The van der Waals surface area contributed by atoms with Gasteiger partial charge in [-0.15, -0.1) is 0 Å². The minimum Gasteiger partial charge on any atom is -0.197 e. The van der Waals surface area contributed by atoms with Crippen LogP contribution in [0.3, 0.4) is 0 Å². The Hall–Kier alpha value is -0.520. The number of hydrogen-bond donors (Lipinski definition) is 0. The van der Waals surface area contributed by atoms with Crippen LogP contribution < -0.4 is 0 Å². The van der Waals surface area contributed by atoms with Crippen LogP contribution in [0, 0.1) is 11.3 Å². The Kier molecular flexibility index (Phi) is 2.55. The van der Waals surface area contributed by atoms with Gasteiger partial charge in [-0.2, -0.15) is 5.26 Å². The highest BCUT2D eigenvalue weighted by Crippen LogP contribution is 2.44. The molecule has 0 N–H and O–H groups in total. The molecule has 0 radical (unpaired) electrons. The summed E-state index contributed by atoms with van der Waals surface area (Å²) >= 11 is 9.28. The molecule has 1 aliphatic carbocycles. The SMILES string of the molecule is N#CC1(c2ccc(Cl)c(Br)c2)CCC1. The Balaban J connectivity index is 2.42. The first kappa shape index (κ1) is 10.0. The van der Waals surface area contributed by atoms with Crippen LogP contribution in [-0.2, 0) is 5.41 Å². The molecule has 0 aliphatic heterocycles. The summed E-state index contributed by atoms with van der Waals surface area (Å²) in [5.74, 6) is 0. The molecule has 0 unspecified atom stereocenters. The van der Waals surface area contributed by atoms with Crippen LogP contribution in [0.15, 0.2) is 22.7 Å². The summed E-state index contributed by atoms with van der Waals surface area (Å²) in [6.45, 7) is 0. The van der Waals surface area contributed by atoms with Crippen LogP contribution in [0.2, 0.25) is 5.02 Å². The van der Waals surface area contributed by atoms with Gasteiger partial charge in [-0.05, 0) is 52.9 Å². The van der Waals surface area contributed by atoms with Crippen molar-refractivity contribution in [2.24, 2.45) is 0 Å². The number of nitrogens with zero attached hydrogens (tertiary/aromatic N) is 1.